The number of phenols is 3. The molecule has 2 aliphatic rings. The monoisotopic (exact) mass is 578 g/mol. The van der Waals surface area contributed by atoms with Crippen LogP contribution in [0.3, 0.4) is 0 Å². The molecule has 3 heterocycles. The van der Waals surface area contributed by atoms with E-state index in [9.17, 15) is 50.8 Å². The molecule has 0 amide bonds. The minimum Gasteiger partial charge on any atom is -0.508 e. The molecule has 41 heavy (non-hydrogen) atoms. The fraction of sp³-hybridized carbons (Fsp3) is 0.444. The van der Waals surface area contributed by atoms with Crippen LogP contribution in [0.2, 0.25) is 0 Å². The van der Waals surface area contributed by atoms with Crippen LogP contribution in [0.4, 0.5) is 0 Å². The van der Waals surface area contributed by atoms with Gasteiger partial charge in [-0.25, -0.2) is 0 Å². The third-order valence-electron chi connectivity index (χ3n) is 7.41. The van der Waals surface area contributed by atoms with Gasteiger partial charge < -0.3 is 64.6 Å². The third-order valence-corrected chi connectivity index (χ3v) is 7.41. The summed E-state index contributed by atoms with van der Waals surface area (Å²) in [5, 5.41) is 93.1. The summed E-state index contributed by atoms with van der Waals surface area (Å²) < 4.78 is 22.4. The number of phenolic OH excluding ortho intramolecular Hbond substituents is 3. The number of fused-ring (bicyclic) bond motifs is 1. The predicted octanol–water partition coefficient (Wildman–Crippen LogP) is -1.06. The van der Waals surface area contributed by atoms with E-state index in [2.05, 4.69) is 0 Å². The molecule has 14 nitrogen and oxygen atoms in total. The van der Waals surface area contributed by atoms with E-state index < -0.39 is 90.3 Å². The number of hydrogen-bond donors (Lipinski definition) is 9. The molecule has 0 saturated carbocycles. The van der Waals surface area contributed by atoms with Gasteiger partial charge in [0.25, 0.3) is 0 Å². The zero-order valence-corrected chi connectivity index (χ0v) is 21.5. The molecule has 2 saturated heterocycles. The van der Waals surface area contributed by atoms with Gasteiger partial charge in [-0.05, 0) is 31.2 Å². The van der Waals surface area contributed by atoms with Crippen LogP contribution >= 0.6 is 0 Å². The Balaban J connectivity index is 1.47. The highest BCUT2D eigenvalue weighted by atomic mass is 16.7. The van der Waals surface area contributed by atoms with Crippen LogP contribution in [0.5, 0.6) is 17.2 Å². The largest absolute Gasteiger partial charge is 0.508 e. The Morgan fingerprint density at radius 2 is 1.54 bits per heavy atom. The van der Waals surface area contributed by atoms with E-state index in [4.69, 9.17) is 18.6 Å². The average Bonchev–Trinajstić information content (AvgIpc) is 2.93. The highest BCUT2D eigenvalue weighted by Crippen LogP contribution is 2.45. The number of aromatic hydroxyl groups is 3. The van der Waals surface area contributed by atoms with Gasteiger partial charge in [-0.1, -0.05) is 0 Å². The molecule has 0 spiro atoms. The van der Waals surface area contributed by atoms with Crippen LogP contribution in [0.1, 0.15) is 18.6 Å². The lowest BCUT2D eigenvalue weighted by atomic mass is 9.89. The molecular formula is C27H30O14. The Labute approximate surface area is 231 Å². The van der Waals surface area contributed by atoms with Gasteiger partial charge in [0.2, 0.25) is 0 Å². The van der Waals surface area contributed by atoms with Gasteiger partial charge in [0.15, 0.2) is 11.7 Å². The second-order valence-electron chi connectivity index (χ2n) is 10.1. The Morgan fingerprint density at radius 1 is 0.854 bits per heavy atom. The summed E-state index contributed by atoms with van der Waals surface area (Å²) >= 11 is 0. The molecule has 2 aromatic carbocycles. The molecule has 10 atom stereocenters. The maximum Gasteiger partial charge on any atom is 0.197 e. The summed E-state index contributed by atoms with van der Waals surface area (Å²) in [6, 6.07) is 7.86. The SMILES string of the molecule is C[C@@H]1O[C@H](O[C@H]2[C@H](O)[C@@H](O)[C@@H](c3c(O)cc4oc(-c5ccc(O)cc5)cc(=O)c4c3O)O[C@@H]2CO)[C@H](O)[C@H](O)[C@H]1O. The first-order valence-electron chi connectivity index (χ1n) is 12.7. The van der Waals surface area contributed by atoms with Gasteiger partial charge in [0.1, 0.15) is 82.8 Å². The van der Waals surface area contributed by atoms with E-state index in [-0.39, 0.29) is 22.5 Å². The van der Waals surface area contributed by atoms with Crippen molar-refractivity contribution < 1.29 is 64.6 Å². The number of aliphatic hydroxyl groups is 6. The van der Waals surface area contributed by atoms with Gasteiger partial charge in [-0.15, -0.1) is 0 Å². The summed E-state index contributed by atoms with van der Waals surface area (Å²) in [5.74, 6) is -1.38. The van der Waals surface area contributed by atoms with Crippen molar-refractivity contribution in [3.63, 3.8) is 0 Å². The zero-order valence-electron chi connectivity index (χ0n) is 21.5. The summed E-state index contributed by atoms with van der Waals surface area (Å²) in [6.45, 7) is 0.607. The first kappa shape index (κ1) is 29.2. The van der Waals surface area contributed by atoms with Crippen molar-refractivity contribution in [2.24, 2.45) is 0 Å². The first-order chi connectivity index (χ1) is 19.4. The van der Waals surface area contributed by atoms with Gasteiger partial charge in [0, 0.05) is 17.7 Å². The smallest absolute Gasteiger partial charge is 0.197 e. The molecule has 9 N–H and O–H groups in total. The number of hydrogen-bond acceptors (Lipinski definition) is 14. The fourth-order valence-electron chi connectivity index (χ4n) is 5.13. The van der Waals surface area contributed by atoms with E-state index in [0.717, 1.165) is 12.1 Å². The number of benzene rings is 2. The molecule has 2 fully saturated rings. The maximum atomic E-state index is 13.0. The molecule has 0 bridgehead atoms. The van der Waals surface area contributed by atoms with Crippen LogP contribution in [0, 0.1) is 0 Å². The number of ether oxygens (including phenoxy) is 3. The summed E-state index contributed by atoms with van der Waals surface area (Å²) in [7, 11) is 0. The van der Waals surface area contributed by atoms with Gasteiger partial charge in [0.05, 0.1) is 18.3 Å². The zero-order chi connectivity index (χ0) is 29.7. The molecule has 1 aromatic heterocycles. The quantitative estimate of drug-likeness (QED) is 0.175. The lowest BCUT2D eigenvalue weighted by molar-refractivity contribution is -0.338. The van der Waals surface area contributed by atoms with E-state index in [1.165, 1.54) is 31.2 Å². The lowest BCUT2D eigenvalue weighted by Crippen LogP contribution is -2.62. The van der Waals surface area contributed by atoms with Crippen LogP contribution in [-0.2, 0) is 14.2 Å². The normalized spacial score (nSPS) is 34.1. The summed E-state index contributed by atoms with van der Waals surface area (Å²) in [5.41, 5.74) is -0.952. The Morgan fingerprint density at radius 3 is 2.20 bits per heavy atom. The first-order valence-corrected chi connectivity index (χ1v) is 12.7. The van der Waals surface area contributed by atoms with Crippen LogP contribution in [0.25, 0.3) is 22.3 Å². The highest BCUT2D eigenvalue weighted by molar-refractivity contribution is 5.88. The number of aliphatic hydroxyl groups excluding tert-OH is 6. The average molecular weight is 579 g/mol. The Bertz CT molecular complexity index is 1450. The molecule has 2 aliphatic heterocycles. The van der Waals surface area contributed by atoms with Gasteiger partial charge >= 0.3 is 0 Å². The third kappa shape index (κ3) is 5.14. The predicted molar refractivity (Wildman–Crippen MR) is 137 cm³/mol. The highest BCUT2D eigenvalue weighted by Gasteiger charge is 2.51. The van der Waals surface area contributed by atoms with E-state index >= 15 is 0 Å². The van der Waals surface area contributed by atoms with E-state index in [1.54, 1.807) is 0 Å². The topological polar surface area (TPSA) is 240 Å². The van der Waals surface area contributed by atoms with Crippen molar-refractivity contribution in [2.75, 3.05) is 6.61 Å². The van der Waals surface area contributed by atoms with Crippen LogP contribution in [-0.4, -0.2) is 108 Å². The Hall–Kier alpha value is -3.31. The molecule has 5 rings (SSSR count). The van der Waals surface area contributed by atoms with Crippen molar-refractivity contribution in [3.05, 3.63) is 52.2 Å². The van der Waals surface area contributed by atoms with Crippen molar-refractivity contribution in [2.45, 2.75) is 68.1 Å². The number of rotatable bonds is 5. The van der Waals surface area contributed by atoms with E-state index in [1.807, 2.05) is 0 Å². The van der Waals surface area contributed by atoms with E-state index in [0.29, 0.717) is 5.56 Å². The molecule has 0 aliphatic carbocycles. The molecule has 14 heteroatoms. The van der Waals surface area contributed by atoms with Crippen molar-refractivity contribution in [3.8, 4) is 28.6 Å². The second kappa shape index (κ2) is 11.2. The van der Waals surface area contributed by atoms with Crippen molar-refractivity contribution >= 4 is 11.0 Å². The minimum absolute atomic E-state index is 0.00717. The van der Waals surface area contributed by atoms with Crippen LogP contribution in [0.15, 0.2) is 45.6 Å². The van der Waals surface area contributed by atoms with Gasteiger partial charge in [-0.2, -0.15) is 0 Å². The molecule has 0 unspecified atom stereocenters. The van der Waals surface area contributed by atoms with Gasteiger partial charge in [-0.3, -0.25) is 4.79 Å². The second-order valence-corrected chi connectivity index (χ2v) is 10.1. The van der Waals surface area contributed by atoms with Crippen LogP contribution < -0.4 is 5.43 Å². The lowest BCUT2D eigenvalue weighted by Gasteiger charge is -2.46. The Kier molecular flexibility index (Phi) is 7.95. The molecule has 222 valence electrons. The molecule has 0 radical (unpaired) electrons. The summed E-state index contributed by atoms with van der Waals surface area (Å²) in [6.07, 6.45) is -15.8. The maximum absolute atomic E-state index is 13.0. The fourth-order valence-corrected chi connectivity index (χ4v) is 5.13. The van der Waals surface area contributed by atoms with Crippen molar-refractivity contribution in [1.29, 1.82) is 0 Å². The molecular weight excluding hydrogens is 548 g/mol. The van der Waals surface area contributed by atoms with Crippen molar-refractivity contribution in [1.82, 2.24) is 0 Å². The minimum atomic E-state index is -1.91. The molecule has 3 aromatic rings. The summed E-state index contributed by atoms with van der Waals surface area (Å²) in [4.78, 5) is 13.0. The standard InChI is InChI=1S/C27H30O14/c1-9-19(32)21(34)24(37)27(38-9)41-25-16(8-28)40-26(23(36)22(25)35)18-13(31)7-15-17(20(18)33)12(30)6-14(39-15)10-2-4-11(29)5-3-10/h2-7,9,16,19,21-29,31-37H,8H2,1H3/t9-,16+,19-,21+,22+,23+,24+,25+,26+,27+/m0/s1.